The van der Waals surface area contributed by atoms with Crippen LogP contribution < -0.4 is 9.47 Å². The van der Waals surface area contributed by atoms with Crippen LogP contribution in [0.3, 0.4) is 0 Å². The minimum Gasteiger partial charge on any atom is -1.00 e. The van der Waals surface area contributed by atoms with E-state index < -0.39 is 0 Å². The van der Waals surface area contributed by atoms with Crippen molar-refractivity contribution in [1.29, 1.82) is 0 Å². The summed E-state index contributed by atoms with van der Waals surface area (Å²) in [6, 6.07) is 5.55. The molecule has 2 nitrogen and oxygen atoms in total. The summed E-state index contributed by atoms with van der Waals surface area (Å²) < 4.78 is 10.1. The predicted octanol–water partition coefficient (Wildman–Crippen LogP) is 2.29. The first kappa shape index (κ1) is 12.9. The number of halogens is 1. The Balaban J connectivity index is -0.000000480. The monoisotopic (exact) mass is 212 g/mol. The first-order chi connectivity index (χ1) is 5.81. The van der Waals surface area contributed by atoms with Crippen molar-refractivity contribution in [2.24, 2.45) is 0 Å². The molecular weight excluding hydrogens is 200 g/mol. The maximum Gasteiger partial charge on any atom is 2.00 e. The first-order valence-corrected chi connectivity index (χ1v) is 4.12. The molecule has 0 radical (unpaired) electrons. The van der Waals surface area contributed by atoms with Gasteiger partial charge in [-0.05, 0) is 18.2 Å². The fourth-order valence-electron chi connectivity index (χ4n) is 0.986. The summed E-state index contributed by atoms with van der Waals surface area (Å²) in [5, 5.41) is 0. The summed E-state index contributed by atoms with van der Waals surface area (Å²) in [5.41, 5.74) is 0.943. The van der Waals surface area contributed by atoms with E-state index in [0.29, 0.717) is 5.88 Å². The fraction of sp³-hybridized carbons (Fsp3) is 0.333. The third kappa shape index (κ3) is 3.25. The van der Waals surface area contributed by atoms with Crippen molar-refractivity contribution in [2.45, 2.75) is 5.88 Å². The maximum absolute atomic E-state index is 5.70. The Kier molecular flexibility index (Phi) is 6.29. The van der Waals surface area contributed by atoms with Gasteiger partial charge in [-0.25, -0.2) is 0 Å². The second-order valence-electron chi connectivity index (χ2n) is 2.31. The van der Waals surface area contributed by atoms with Crippen LogP contribution in [0.15, 0.2) is 18.2 Å². The number of hydrogen-bond acceptors (Lipinski definition) is 2. The molecule has 4 heteroatoms. The molecule has 1 rings (SSSR count). The molecule has 0 bridgehead atoms. The molecule has 0 saturated carbocycles. The Morgan fingerprint density at radius 1 is 1.31 bits per heavy atom. The van der Waals surface area contributed by atoms with Crippen molar-refractivity contribution in [3.05, 3.63) is 23.8 Å². The summed E-state index contributed by atoms with van der Waals surface area (Å²) in [6.07, 6.45) is 0. The summed E-state index contributed by atoms with van der Waals surface area (Å²) in [4.78, 5) is 0. The van der Waals surface area contributed by atoms with Gasteiger partial charge in [-0.15, -0.1) is 11.6 Å². The second-order valence-corrected chi connectivity index (χ2v) is 2.58. The van der Waals surface area contributed by atoms with Crippen molar-refractivity contribution in [3.8, 4) is 11.5 Å². The van der Waals surface area contributed by atoms with Crippen LogP contribution in [0, 0.1) is 0 Å². The van der Waals surface area contributed by atoms with Crippen molar-refractivity contribution in [2.75, 3.05) is 14.2 Å². The van der Waals surface area contributed by atoms with E-state index in [4.69, 9.17) is 21.1 Å². The molecule has 13 heavy (non-hydrogen) atoms. The van der Waals surface area contributed by atoms with Crippen molar-refractivity contribution in [3.63, 3.8) is 0 Å². The normalized spacial score (nSPS) is 8.85. The SMILES string of the molecule is COc1ccc(OC)c(CCl)c1.[H-].[H-].[Mg+2]. The van der Waals surface area contributed by atoms with E-state index in [1.807, 2.05) is 18.2 Å². The molecule has 0 aliphatic heterocycles. The van der Waals surface area contributed by atoms with Gasteiger partial charge in [-0.2, -0.15) is 0 Å². The molecule has 0 heterocycles. The van der Waals surface area contributed by atoms with E-state index in [1.165, 1.54) is 0 Å². The standard InChI is InChI=1S/C9H11ClO2.Mg.2H/c1-11-8-3-4-9(12-2)7(5-8)6-10;;;/h3-5H,6H2,1-2H3;;;/q;+2;2*-1. The van der Waals surface area contributed by atoms with Gasteiger partial charge in [-0.3, -0.25) is 0 Å². The van der Waals surface area contributed by atoms with Gasteiger partial charge < -0.3 is 12.3 Å². The zero-order valence-corrected chi connectivity index (χ0v) is 10.0. The molecule has 0 unspecified atom stereocenters. The topological polar surface area (TPSA) is 18.5 Å². The molecule has 1 aromatic rings. The number of methoxy groups -OCH3 is 2. The fourth-order valence-corrected chi connectivity index (χ4v) is 1.20. The molecule has 0 spiro atoms. The van der Waals surface area contributed by atoms with Gasteiger partial charge in [0, 0.05) is 5.56 Å². The van der Waals surface area contributed by atoms with E-state index in [9.17, 15) is 0 Å². The predicted molar refractivity (Wildman–Crippen MR) is 57.1 cm³/mol. The Morgan fingerprint density at radius 2 is 2.00 bits per heavy atom. The molecule has 0 fully saturated rings. The molecule has 0 N–H and O–H groups in total. The summed E-state index contributed by atoms with van der Waals surface area (Å²) in [7, 11) is 3.25. The van der Waals surface area contributed by atoms with Gasteiger partial charge in [0.2, 0.25) is 0 Å². The largest absolute Gasteiger partial charge is 2.00 e. The average Bonchev–Trinajstić information content (AvgIpc) is 2.16. The molecule has 1 aromatic carbocycles. The van der Waals surface area contributed by atoms with Crippen molar-refractivity contribution in [1.82, 2.24) is 0 Å². The van der Waals surface area contributed by atoms with E-state index in [2.05, 4.69) is 0 Å². The Labute approximate surface area is 102 Å². The van der Waals surface area contributed by atoms with Crippen LogP contribution >= 0.6 is 11.6 Å². The molecule has 0 aromatic heterocycles. The van der Waals surface area contributed by atoms with Gasteiger partial charge in [0.1, 0.15) is 11.5 Å². The van der Waals surface area contributed by atoms with Gasteiger partial charge in [0.05, 0.1) is 20.1 Å². The number of alkyl halides is 1. The van der Waals surface area contributed by atoms with Crippen LogP contribution in [-0.4, -0.2) is 37.3 Å². The summed E-state index contributed by atoms with van der Waals surface area (Å²) in [6.45, 7) is 0. The molecule has 70 valence electrons. The molecular formula is C9H13ClMgO2. The zero-order valence-electron chi connectivity index (χ0n) is 9.84. The minimum atomic E-state index is 0. The Morgan fingerprint density at radius 3 is 2.46 bits per heavy atom. The minimum absolute atomic E-state index is 0. The van der Waals surface area contributed by atoms with E-state index >= 15 is 0 Å². The number of hydrogen-bond donors (Lipinski definition) is 0. The van der Waals surface area contributed by atoms with Gasteiger partial charge in [-0.1, -0.05) is 0 Å². The molecule has 0 saturated heterocycles. The zero-order chi connectivity index (χ0) is 8.97. The quantitative estimate of drug-likeness (QED) is 0.566. The van der Waals surface area contributed by atoms with Gasteiger partial charge in [0.15, 0.2) is 0 Å². The van der Waals surface area contributed by atoms with Crippen molar-refractivity contribution < 1.29 is 12.3 Å². The van der Waals surface area contributed by atoms with Gasteiger partial charge >= 0.3 is 23.1 Å². The molecule has 0 aliphatic rings. The van der Waals surface area contributed by atoms with Crippen LogP contribution in [0.5, 0.6) is 11.5 Å². The van der Waals surface area contributed by atoms with E-state index in [0.717, 1.165) is 17.1 Å². The number of rotatable bonds is 3. The average molecular weight is 213 g/mol. The molecule has 0 atom stereocenters. The molecule has 0 aliphatic carbocycles. The third-order valence-electron chi connectivity index (χ3n) is 1.63. The number of benzene rings is 1. The number of ether oxygens (including phenoxy) is 2. The first-order valence-electron chi connectivity index (χ1n) is 3.58. The Bertz CT molecular complexity index is 274. The van der Waals surface area contributed by atoms with E-state index in [-0.39, 0.29) is 25.9 Å². The van der Waals surface area contributed by atoms with Gasteiger partial charge in [0.25, 0.3) is 0 Å². The summed E-state index contributed by atoms with van der Waals surface area (Å²) in [5.74, 6) is 2.03. The Hall–Kier alpha value is -0.124. The van der Waals surface area contributed by atoms with E-state index in [1.54, 1.807) is 14.2 Å². The summed E-state index contributed by atoms with van der Waals surface area (Å²) >= 11 is 5.70. The third-order valence-corrected chi connectivity index (χ3v) is 1.92. The smallest absolute Gasteiger partial charge is 1.00 e. The second kappa shape index (κ2) is 6.35. The van der Waals surface area contributed by atoms with Crippen LogP contribution in [0.4, 0.5) is 0 Å². The van der Waals surface area contributed by atoms with Crippen LogP contribution in [-0.2, 0) is 5.88 Å². The maximum atomic E-state index is 5.70. The van der Waals surface area contributed by atoms with Crippen LogP contribution in [0.1, 0.15) is 8.42 Å². The molecule has 0 amide bonds. The van der Waals surface area contributed by atoms with Crippen molar-refractivity contribution >= 4 is 34.7 Å². The van der Waals surface area contributed by atoms with Crippen LogP contribution in [0.2, 0.25) is 0 Å². The van der Waals surface area contributed by atoms with Crippen LogP contribution in [0.25, 0.3) is 0 Å².